The molecule has 0 aliphatic heterocycles. The predicted octanol–water partition coefficient (Wildman–Crippen LogP) is 2.83. The molecule has 0 unspecified atom stereocenters. The van der Waals surface area contributed by atoms with Gasteiger partial charge in [0.25, 0.3) is 0 Å². The number of rotatable bonds is 6. The average Bonchev–Trinajstić information content (AvgIpc) is 2.68. The quantitative estimate of drug-likeness (QED) is 0.851. The number of nitrogens with zero attached hydrogens (tertiary/aromatic N) is 4. The number of nitrogens with one attached hydrogen (secondary N) is 1. The molecule has 2 aromatic rings. The van der Waals surface area contributed by atoms with Gasteiger partial charge in [-0.3, -0.25) is 4.90 Å². The van der Waals surface area contributed by atoms with Gasteiger partial charge in [0.15, 0.2) is 0 Å². The summed E-state index contributed by atoms with van der Waals surface area (Å²) in [6, 6.07) is 14.4. The lowest BCUT2D eigenvalue weighted by molar-refractivity contribution is -0.346. The maximum atomic E-state index is 9.84. The lowest BCUT2D eigenvalue weighted by Crippen LogP contribution is -2.33. The molecule has 6 nitrogen and oxygen atoms in total. The molecule has 0 saturated heterocycles. The lowest BCUT2D eigenvalue weighted by atomic mass is 9.87. The van der Waals surface area contributed by atoms with E-state index in [2.05, 4.69) is 23.2 Å². The molecule has 0 aliphatic carbocycles. The molecule has 3 N–H and O–H groups in total. The van der Waals surface area contributed by atoms with Crippen molar-refractivity contribution in [1.82, 2.24) is 0 Å². The van der Waals surface area contributed by atoms with Crippen LogP contribution in [0.5, 0.6) is 0 Å². The molecule has 0 fully saturated rings. The Morgan fingerprint density at radius 1 is 1.04 bits per heavy atom. The number of pyridine rings is 1. The van der Waals surface area contributed by atoms with E-state index in [1.165, 1.54) is 0 Å². The van der Waals surface area contributed by atoms with Gasteiger partial charge in [0.05, 0.1) is 25.1 Å². The number of hydrogen-bond donors (Lipinski definition) is 1. The average molecular weight is 359 g/mol. The van der Waals surface area contributed by atoms with Crippen LogP contribution in [0.25, 0.3) is 0 Å². The zero-order valence-electron chi connectivity index (χ0n) is 15.9. The highest BCUT2D eigenvalue weighted by molar-refractivity contribution is 5.65. The minimum atomic E-state index is -0.650. The van der Waals surface area contributed by atoms with Crippen LogP contribution in [0.2, 0.25) is 0 Å². The largest absolute Gasteiger partial charge is 0.318 e. The number of aromatic nitrogens is 1. The Labute approximate surface area is 160 Å². The van der Waals surface area contributed by atoms with E-state index in [0.29, 0.717) is 36.5 Å². The summed E-state index contributed by atoms with van der Waals surface area (Å²) in [6.45, 7) is 7.28. The summed E-state index contributed by atoms with van der Waals surface area (Å²) in [5, 5.41) is 29.3. The fourth-order valence-corrected chi connectivity index (χ4v) is 3.18. The van der Waals surface area contributed by atoms with Crippen LogP contribution in [-0.2, 0) is 6.42 Å². The summed E-state index contributed by atoms with van der Waals surface area (Å²) < 4.78 is 0. The van der Waals surface area contributed by atoms with Gasteiger partial charge in [-0.2, -0.15) is 15.8 Å². The maximum Gasteiger partial charge on any atom is 0.240 e. The SMILES string of the molecule is CCN(CC)c1[nH+]c(N)c(C#N)c([C@@H](C#N)Cc2ccc(C)cc2)c1C#N. The van der Waals surface area contributed by atoms with E-state index >= 15 is 0 Å². The Hall–Kier alpha value is -3.56. The molecule has 0 spiro atoms. The maximum absolute atomic E-state index is 9.84. The molecule has 0 amide bonds. The van der Waals surface area contributed by atoms with Gasteiger partial charge in [0.2, 0.25) is 11.6 Å². The molecule has 0 aliphatic rings. The number of aromatic amines is 1. The standard InChI is InChI=1S/C21H22N6/c1-4-27(5-2)21-18(13-24)19(17(12-23)20(25)26-21)16(11-22)10-15-8-6-14(3)7-9-15/h6-9,16H,4-5,10H2,1-3H3,(H2,25,26)/p+1/t16-/m1/s1. The lowest BCUT2D eigenvalue weighted by Gasteiger charge is -2.20. The number of H-pyrrole nitrogens is 1. The minimum Gasteiger partial charge on any atom is -0.318 e. The summed E-state index contributed by atoms with van der Waals surface area (Å²) in [5.74, 6) is 0.0823. The minimum absolute atomic E-state index is 0.168. The van der Waals surface area contributed by atoms with Crippen LogP contribution in [0.15, 0.2) is 24.3 Å². The van der Waals surface area contributed by atoms with Crippen molar-refractivity contribution >= 4 is 11.6 Å². The van der Waals surface area contributed by atoms with Crippen molar-refractivity contribution in [1.29, 1.82) is 15.8 Å². The van der Waals surface area contributed by atoms with Gasteiger partial charge in [0.1, 0.15) is 23.3 Å². The summed E-state index contributed by atoms with van der Waals surface area (Å²) in [7, 11) is 0. The second kappa shape index (κ2) is 8.70. The molecule has 0 saturated carbocycles. The van der Waals surface area contributed by atoms with E-state index in [1.54, 1.807) is 0 Å². The predicted molar refractivity (Wildman–Crippen MR) is 104 cm³/mol. The molecule has 6 heteroatoms. The van der Waals surface area contributed by atoms with Crippen LogP contribution in [0.1, 0.15) is 47.6 Å². The zero-order valence-corrected chi connectivity index (χ0v) is 15.9. The van der Waals surface area contributed by atoms with Crippen LogP contribution in [0.4, 0.5) is 11.6 Å². The first-order chi connectivity index (χ1) is 13.0. The number of nitrogens with two attached hydrogens (primary N) is 1. The van der Waals surface area contributed by atoms with Gasteiger partial charge < -0.3 is 5.73 Å². The second-order valence-corrected chi connectivity index (χ2v) is 6.32. The van der Waals surface area contributed by atoms with E-state index in [-0.39, 0.29) is 11.4 Å². The Morgan fingerprint density at radius 2 is 1.63 bits per heavy atom. The van der Waals surface area contributed by atoms with Crippen LogP contribution in [-0.4, -0.2) is 13.1 Å². The number of nitriles is 3. The summed E-state index contributed by atoms with van der Waals surface area (Å²) in [6.07, 6.45) is 0.404. The smallest absolute Gasteiger partial charge is 0.240 e. The fraction of sp³-hybridized carbons (Fsp3) is 0.333. The van der Waals surface area contributed by atoms with Crippen molar-refractivity contribution in [3.63, 3.8) is 0 Å². The van der Waals surface area contributed by atoms with Gasteiger partial charge in [-0.1, -0.05) is 29.8 Å². The van der Waals surface area contributed by atoms with Crippen LogP contribution < -0.4 is 15.6 Å². The third kappa shape index (κ3) is 4.00. The zero-order chi connectivity index (χ0) is 20.0. The van der Waals surface area contributed by atoms with Crippen LogP contribution in [0, 0.1) is 40.9 Å². The third-order valence-corrected chi connectivity index (χ3v) is 4.67. The molecule has 1 heterocycles. The Morgan fingerprint density at radius 3 is 2.11 bits per heavy atom. The van der Waals surface area contributed by atoms with Crippen molar-refractivity contribution in [2.75, 3.05) is 23.7 Å². The highest BCUT2D eigenvalue weighted by Gasteiger charge is 2.30. The summed E-state index contributed by atoms with van der Waals surface area (Å²) >= 11 is 0. The first kappa shape index (κ1) is 19.8. The number of nitrogen functional groups attached to an aromatic ring is 1. The summed E-state index contributed by atoms with van der Waals surface area (Å²) in [5.41, 5.74) is 9.06. The number of benzene rings is 1. The van der Waals surface area contributed by atoms with Crippen molar-refractivity contribution < 1.29 is 4.98 Å². The monoisotopic (exact) mass is 359 g/mol. The molecule has 27 heavy (non-hydrogen) atoms. The first-order valence-corrected chi connectivity index (χ1v) is 8.89. The van der Waals surface area contributed by atoms with Crippen molar-refractivity contribution in [2.24, 2.45) is 0 Å². The second-order valence-electron chi connectivity index (χ2n) is 6.32. The normalized spacial score (nSPS) is 11.1. The molecular weight excluding hydrogens is 336 g/mol. The van der Waals surface area contributed by atoms with E-state index in [1.807, 2.05) is 49.9 Å². The number of anilines is 2. The molecular formula is C21H23N6+. The van der Waals surface area contributed by atoms with Gasteiger partial charge >= 0.3 is 0 Å². The third-order valence-electron chi connectivity index (χ3n) is 4.67. The van der Waals surface area contributed by atoms with Crippen molar-refractivity contribution in [3.8, 4) is 18.2 Å². The van der Waals surface area contributed by atoms with E-state index < -0.39 is 5.92 Å². The number of aryl methyl sites for hydroxylation is 1. The number of hydrogen-bond acceptors (Lipinski definition) is 5. The highest BCUT2D eigenvalue weighted by Crippen LogP contribution is 2.32. The van der Waals surface area contributed by atoms with Crippen molar-refractivity contribution in [3.05, 3.63) is 52.1 Å². The van der Waals surface area contributed by atoms with E-state index in [0.717, 1.165) is 11.1 Å². The first-order valence-electron chi connectivity index (χ1n) is 8.89. The van der Waals surface area contributed by atoms with E-state index in [9.17, 15) is 15.8 Å². The highest BCUT2D eigenvalue weighted by atomic mass is 15.2. The van der Waals surface area contributed by atoms with Gasteiger partial charge in [0, 0.05) is 5.56 Å². The molecule has 1 atom stereocenters. The van der Waals surface area contributed by atoms with Gasteiger partial charge in [-0.05, 0) is 32.8 Å². The molecule has 1 aromatic carbocycles. The Balaban J connectivity index is 2.67. The summed E-state index contributed by atoms with van der Waals surface area (Å²) in [4.78, 5) is 4.95. The van der Waals surface area contributed by atoms with Crippen LogP contribution >= 0.6 is 0 Å². The molecule has 0 radical (unpaired) electrons. The van der Waals surface area contributed by atoms with Crippen molar-refractivity contribution in [2.45, 2.75) is 33.1 Å². The van der Waals surface area contributed by atoms with Gasteiger partial charge in [-0.15, -0.1) is 0 Å². The van der Waals surface area contributed by atoms with Gasteiger partial charge in [-0.25, -0.2) is 4.98 Å². The molecule has 1 aromatic heterocycles. The molecule has 2 rings (SSSR count). The molecule has 0 bridgehead atoms. The van der Waals surface area contributed by atoms with Crippen LogP contribution in [0.3, 0.4) is 0 Å². The molecule has 136 valence electrons. The van der Waals surface area contributed by atoms with E-state index in [4.69, 9.17) is 5.73 Å². The Bertz CT molecular complexity index is 937. The fourth-order valence-electron chi connectivity index (χ4n) is 3.18. The topological polar surface area (TPSA) is 115 Å². The Kier molecular flexibility index (Phi) is 6.36.